The van der Waals surface area contributed by atoms with E-state index >= 15 is 0 Å². The summed E-state index contributed by atoms with van der Waals surface area (Å²) in [5.41, 5.74) is 3.37. The van der Waals surface area contributed by atoms with Crippen molar-refractivity contribution < 1.29 is 38.6 Å². The molecule has 0 radical (unpaired) electrons. The highest BCUT2D eigenvalue weighted by atomic mass is 19.1. The fraction of sp³-hybridized carbons (Fsp3) is 0.435. The standard InChI is InChI=1S/C23H28FN5O7/c1-14(2)21(31)34-11-15(10-30)12-35-27-18-8-29(9-18)22-25-6-17(7-26-22)19-5-3-4-16(20(19)24)13-36-28-23(32)33/h3-7,14-15,28,30H,8-13H2,1-2H3,(H,32,33). The maximum absolute atomic E-state index is 14.8. The molecule has 13 heteroatoms. The summed E-state index contributed by atoms with van der Waals surface area (Å²) < 4.78 is 19.9. The first kappa shape index (κ1) is 26.8. The lowest BCUT2D eigenvalue weighted by atomic mass is 10.1. The third-order valence-electron chi connectivity index (χ3n) is 5.14. The SMILES string of the molecule is CC(C)C(=O)OCC(CO)CON=C1CN(c2ncc(-c3cccc(CONC(=O)O)c3F)cn2)C1. The summed E-state index contributed by atoms with van der Waals surface area (Å²) in [4.78, 5) is 42.5. The first-order valence-electron chi connectivity index (χ1n) is 11.2. The minimum Gasteiger partial charge on any atom is -0.465 e. The largest absolute Gasteiger partial charge is 0.465 e. The van der Waals surface area contributed by atoms with Crippen LogP contribution in [-0.2, 0) is 25.8 Å². The Hall–Kier alpha value is -3.84. The van der Waals surface area contributed by atoms with Crippen LogP contribution in [0, 0.1) is 17.7 Å². The van der Waals surface area contributed by atoms with Crippen LogP contribution in [0.2, 0.25) is 0 Å². The summed E-state index contributed by atoms with van der Waals surface area (Å²) in [5.74, 6) is -1.07. The average Bonchev–Trinajstić information content (AvgIpc) is 2.83. The van der Waals surface area contributed by atoms with Gasteiger partial charge in [-0.2, -0.15) is 5.48 Å². The fourth-order valence-corrected chi connectivity index (χ4v) is 3.06. The van der Waals surface area contributed by atoms with Crippen LogP contribution in [0.5, 0.6) is 0 Å². The predicted molar refractivity (Wildman–Crippen MR) is 125 cm³/mol. The molecule has 1 saturated heterocycles. The number of nitrogens with one attached hydrogen (secondary N) is 1. The van der Waals surface area contributed by atoms with Gasteiger partial charge in [-0.15, -0.1) is 0 Å². The van der Waals surface area contributed by atoms with Crippen molar-refractivity contribution in [2.24, 2.45) is 17.0 Å². The Kier molecular flexibility index (Phi) is 9.47. The Labute approximate surface area is 206 Å². The van der Waals surface area contributed by atoms with Gasteiger partial charge in [0.25, 0.3) is 0 Å². The molecule has 1 unspecified atom stereocenters. The molecule has 194 valence electrons. The van der Waals surface area contributed by atoms with Crippen molar-refractivity contribution in [3.05, 3.63) is 42.0 Å². The maximum Gasteiger partial charge on any atom is 0.428 e. The second-order valence-corrected chi connectivity index (χ2v) is 8.39. The van der Waals surface area contributed by atoms with Crippen LogP contribution in [0.4, 0.5) is 15.1 Å². The summed E-state index contributed by atoms with van der Waals surface area (Å²) >= 11 is 0. The van der Waals surface area contributed by atoms with Crippen LogP contribution < -0.4 is 10.4 Å². The van der Waals surface area contributed by atoms with E-state index in [4.69, 9.17) is 19.5 Å². The first-order valence-corrected chi connectivity index (χ1v) is 11.2. The molecule has 3 rings (SSSR count). The topological polar surface area (TPSA) is 156 Å². The number of hydroxylamine groups is 1. The van der Waals surface area contributed by atoms with E-state index in [-0.39, 0.29) is 55.4 Å². The minimum absolute atomic E-state index is 0.0560. The molecule has 0 saturated carbocycles. The van der Waals surface area contributed by atoms with Crippen molar-refractivity contribution in [3.8, 4) is 11.1 Å². The summed E-state index contributed by atoms with van der Waals surface area (Å²) in [6, 6.07) is 4.68. The number of carboxylic acid groups (broad SMARTS) is 1. The second-order valence-electron chi connectivity index (χ2n) is 8.39. The molecule has 1 aromatic heterocycles. The number of ether oxygens (including phenoxy) is 1. The molecule has 1 aliphatic heterocycles. The third kappa shape index (κ3) is 7.33. The molecule has 1 aliphatic rings. The lowest BCUT2D eigenvalue weighted by Crippen LogP contribution is -2.48. The molecule has 1 amide bonds. The molecule has 1 fully saturated rings. The summed E-state index contributed by atoms with van der Waals surface area (Å²) in [6.45, 7) is 4.05. The highest BCUT2D eigenvalue weighted by Crippen LogP contribution is 2.25. The van der Waals surface area contributed by atoms with Crippen LogP contribution in [0.25, 0.3) is 11.1 Å². The van der Waals surface area contributed by atoms with Crippen molar-refractivity contribution in [1.82, 2.24) is 15.4 Å². The number of esters is 1. The van der Waals surface area contributed by atoms with Crippen LogP contribution in [0.15, 0.2) is 35.7 Å². The van der Waals surface area contributed by atoms with Gasteiger partial charge < -0.3 is 24.7 Å². The summed E-state index contributed by atoms with van der Waals surface area (Å²) in [7, 11) is 0. The average molecular weight is 506 g/mol. The van der Waals surface area contributed by atoms with E-state index in [1.165, 1.54) is 18.5 Å². The molecule has 3 N–H and O–H groups in total. The quantitative estimate of drug-likeness (QED) is 0.288. The van der Waals surface area contributed by atoms with E-state index < -0.39 is 11.9 Å². The highest BCUT2D eigenvalue weighted by molar-refractivity contribution is 5.98. The number of nitrogens with zero attached hydrogens (tertiary/aromatic N) is 4. The van der Waals surface area contributed by atoms with Crippen LogP contribution in [0.1, 0.15) is 19.4 Å². The molecule has 2 aromatic rings. The van der Waals surface area contributed by atoms with E-state index in [2.05, 4.69) is 15.1 Å². The summed E-state index contributed by atoms with van der Waals surface area (Å²) in [5, 5.41) is 22.0. The third-order valence-corrected chi connectivity index (χ3v) is 5.14. The predicted octanol–water partition coefficient (Wildman–Crippen LogP) is 1.98. The normalized spacial score (nSPS) is 13.7. The number of benzene rings is 1. The molecule has 36 heavy (non-hydrogen) atoms. The van der Waals surface area contributed by atoms with E-state index in [1.807, 2.05) is 4.90 Å². The number of aliphatic hydroxyl groups excluding tert-OH is 1. The number of aliphatic hydroxyl groups is 1. The minimum atomic E-state index is -1.37. The van der Waals surface area contributed by atoms with E-state index in [9.17, 15) is 19.1 Å². The number of aromatic nitrogens is 2. The van der Waals surface area contributed by atoms with E-state index in [1.54, 1.807) is 31.5 Å². The Bertz CT molecular complexity index is 1070. The number of carbonyl (C=O) groups excluding carboxylic acids is 1. The number of oxime groups is 1. The number of rotatable bonds is 12. The number of hydrogen-bond donors (Lipinski definition) is 3. The molecular weight excluding hydrogens is 477 g/mol. The molecule has 1 aromatic carbocycles. The van der Waals surface area contributed by atoms with Crippen molar-refractivity contribution in [2.75, 3.05) is 37.8 Å². The number of anilines is 1. The van der Waals surface area contributed by atoms with Gasteiger partial charge in [-0.05, 0) is 0 Å². The molecule has 0 aliphatic carbocycles. The zero-order valence-corrected chi connectivity index (χ0v) is 19.9. The van der Waals surface area contributed by atoms with Crippen LogP contribution in [0.3, 0.4) is 0 Å². The number of hydrogen-bond acceptors (Lipinski definition) is 10. The molecular formula is C23H28FN5O7. The van der Waals surface area contributed by atoms with Crippen LogP contribution >= 0.6 is 0 Å². The fourth-order valence-electron chi connectivity index (χ4n) is 3.06. The zero-order chi connectivity index (χ0) is 26.1. The van der Waals surface area contributed by atoms with Gasteiger partial charge >= 0.3 is 12.1 Å². The van der Waals surface area contributed by atoms with E-state index in [0.717, 1.165) is 5.71 Å². The Balaban J connectivity index is 1.49. The van der Waals surface area contributed by atoms with Gasteiger partial charge in [0, 0.05) is 29.1 Å². The molecule has 0 spiro atoms. The number of carbonyl (C=O) groups is 2. The zero-order valence-electron chi connectivity index (χ0n) is 19.9. The molecule has 12 nitrogen and oxygen atoms in total. The second kappa shape index (κ2) is 12.7. The van der Waals surface area contributed by atoms with Crippen molar-refractivity contribution in [1.29, 1.82) is 0 Å². The van der Waals surface area contributed by atoms with Gasteiger partial charge in [0.05, 0.1) is 43.9 Å². The monoisotopic (exact) mass is 505 g/mol. The Morgan fingerprint density at radius 2 is 1.94 bits per heavy atom. The Morgan fingerprint density at radius 1 is 1.22 bits per heavy atom. The molecule has 1 atom stereocenters. The van der Waals surface area contributed by atoms with Crippen molar-refractivity contribution in [3.63, 3.8) is 0 Å². The maximum atomic E-state index is 14.8. The van der Waals surface area contributed by atoms with Gasteiger partial charge in [-0.3, -0.25) is 9.63 Å². The lowest BCUT2D eigenvalue weighted by molar-refractivity contribution is -0.149. The van der Waals surface area contributed by atoms with Gasteiger partial charge in [-0.25, -0.2) is 19.2 Å². The van der Waals surface area contributed by atoms with Crippen molar-refractivity contribution >= 4 is 23.7 Å². The van der Waals surface area contributed by atoms with Gasteiger partial charge in [0.15, 0.2) is 0 Å². The van der Waals surface area contributed by atoms with Crippen molar-refractivity contribution in [2.45, 2.75) is 20.5 Å². The number of amides is 1. The summed E-state index contributed by atoms with van der Waals surface area (Å²) in [6.07, 6.45) is 1.62. The van der Waals surface area contributed by atoms with Crippen LogP contribution in [-0.4, -0.2) is 70.9 Å². The lowest BCUT2D eigenvalue weighted by Gasteiger charge is -2.32. The van der Waals surface area contributed by atoms with E-state index in [0.29, 0.717) is 24.6 Å². The Morgan fingerprint density at radius 3 is 2.58 bits per heavy atom. The highest BCUT2D eigenvalue weighted by Gasteiger charge is 2.25. The molecule has 2 heterocycles. The number of halogens is 1. The van der Waals surface area contributed by atoms with Gasteiger partial charge in [0.1, 0.15) is 19.0 Å². The van der Waals surface area contributed by atoms with Gasteiger partial charge in [-0.1, -0.05) is 37.2 Å². The smallest absolute Gasteiger partial charge is 0.428 e. The molecule has 0 bridgehead atoms. The first-order chi connectivity index (χ1) is 17.3. The van der Waals surface area contributed by atoms with Gasteiger partial charge in [0.2, 0.25) is 5.95 Å².